The first kappa shape index (κ1) is 18.8. The number of hydrogen-bond donors (Lipinski definition) is 4. The van der Waals surface area contributed by atoms with Crippen LogP contribution in [0.5, 0.6) is 0 Å². The number of anilines is 2. The van der Waals surface area contributed by atoms with Crippen molar-refractivity contribution in [3.05, 3.63) is 78.9 Å². The van der Waals surface area contributed by atoms with Crippen molar-refractivity contribution in [2.45, 2.75) is 0 Å². The molecule has 0 radical (unpaired) electrons. The van der Waals surface area contributed by atoms with Crippen LogP contribution in [0, 0.1) is 0 Å². The summed E-state index contributed by atoms with van der Waals surface area (Å²) in [5.41, 5.74) is 4.89. The quantitative estimate of drug-likeness (QED) is 0.342. The molecule has 0 aliphatic carbocycles. The number of aromatic amines is 1. The van der Waals surface area contributed by atoms with Gasteiger partial charge in [-0.2, -0.15) is 0 Å². The first-order valence-corrected chi connectivity index (χ1v) is 9.89. The number of amides is 1. The van der Waals surface area contributed by atoms with Crippen LogP contribution in [0.2, 0.25) is 0 Å². The van der Waals surface area contributed by atoms with Gasteiger partial charge in [0, 0.05) is 52.9 Å². The summed E-state index contributed by atoms with van der Waals surface area (Å²) in [6.07, 6.45) is 7.23. The number of aliphatic hydroxyl groups excluding tert-OH is 1. The average molecular weight is 412 g/mol. The summed E-state index contributed by atoms with van der Waals surface area (Å²) in [7, 11) is 0. The van der Waals surface area contributed by atoms with Gasteiger partial charge in [0.1, 0.15) is 0 Å². The monoisotopic (exact) mass is 412 g/mol. The SMILES string of the molecule is O=C(NCCO)c1cccc(-c2cnc3c(Nc4ccc5[nH]ccc5c4)nccn23)c1. The smallest absolute Gasteiger partial charge is 0.251 e. The number of carbonyl (C=O) groups excluding carboxylic acids is 1. The summed E-state index contributed by atoms with van der Waals surface area (Å²) in [5.74, 6) is 0.411. The lowest BCUT2D eigenvalue weighted by atomic mass is 10.1. The Labute approximate surface area is 177 Å². The molecule has 0 atom stereocenters. The molecule has 0 bridgehead atoms. The Kier molecular flexibility index (Phi) is 4.81. The molecule has 31 heavy (non-hydrogen) atoms. The summed E-state index contributed by atoms with van der Waals surface area (Å²) in [6, 6.07) is 15.4. The number of carbonyl (C=O) groups is 1. The number of benzene rings is 2. The summed E-state index contributed by atoms with van der Waals surface area (Å²) in [4.78, 5) is 24.5. The van der Waals surface area contributed by atoms with E-state index in [4.69, 9.17) is 5.11 Å². The molecule has 154 valence electrons. The minimum Gasteiger partial charge on any atom is -0.395 e. The Bertz CT molecular complexity index is 1390. The van der Waals surface area contributed by atoms with Crippen molar-refractivity contribution in [1.29, 1.82) is 0 Å². The zero-order valence-corrected chi connectivity index (χ0v) is 16.5. The van der Waals surface area contributed by atoms with Gasteiger partial charge in [-0.15, -0.1) is 0 Å². The number of aliphatic hydroxyl groups is 1. The number of hydrogen-bond acceptors (Lipinski definition) is 5. The van der Waals surface area contributed by atoms with Crippen LogP contribution in [-0.4, -0.2) is 43.5 Å². The van der Waals surface area contributed by atoms with E-state index in [9.17, 15) is 4.79 Å². The molecule has 1 amide bonds. The van der Waals surface area contributed by atoms with E-state index >= 15 is 0 Å². The minimum atomic E-state index is -0.228. The third-order valence-electron chi connectivity index (χ3n) is 5.06. The summed E-state index contributed by atoms with van der Waals surface area (Å²) >= 11 is 0. The van der Waals surface area contributed by atoms with E-state index in [0.717, 1.165) is 27.8 Å². The van der Waals surface area contributed by atoms with E-state index in [1.807, 2.05) is 53.2 Å². The zero-order valence-electron chi connectivity index (χ0n) is 16.5. The summed E-state index contributed by atoms with van der Waals surface area (Å²) < 4.78 is 1.94. The zero-order chi connectivity index (χ0) is 21.2. The van der Waals surface area contributed by atoms with Gasteiger partial charge in [-0.3, -0.25) is 9.20 Å². The topological polar surface area (TPSA) is 107 Å². The van der Waals surface area contributed by atoms with E-state index in [1.165, 1.54) is 0 Å². The molecule has 0 saturated heterocycles. The highest BCUT2D eigenvalue weighted by Gasteiger charge is 2.13. The molecule has 0 spiro atoms. The molecule has 0 saturated carbocycles. The number of imidazole rings is 1. The molecule has 0 unspecified atom stereocenters. The van der Waals surface area contributed by atoms with Crippen LogP contribution in [0.3, 0.4) is 0 Å². The fourth-order valence-corrected chi connectivity index (χ4v) is 3.58. The largest absolute Gasteiger partial charge is 0.395 e. The third kappa shape index (κ3) is 3.60. The van der Waals surface area contributed by atoms with E-state index < -0.39 is 0 Å². The highest BCUT2D eigenvalue weighted by Crippen LogP contribution is 2.27. The predicted octanol–water partition coefficient (Wildman–Crippen LogP) is 3.34. The molecule has 2 aromatic carbocycles. The van der Waals surface area contributed by atoms with Gasteiger partial charge in [-0.1, -0.05) is 12.1 Å². The van der Waals surface area contributed by atoms with Crippen molar-refractivity contribution in [3.8, 4) is 11.3 Å². The molecule has 3 heterocycles. The molecule has 4 N–H and O–H groups in total. The Morgan fingerprint density at radius 3 is 2.97 bits per heavy atom. The highest BCUT2D eigenvalue weighted by atomic mass is 16.3. The normalized spacial score (nSPS) is 11.1. The fraction of sp³-hybridized carbons (Fsp3) is 0.0870. The molecule has 3 aromatic heterocycles. The van der Waals surface area contributed by atoms with Crippen molar-refractivity contribution >= 4 is 34.0 Å². The molecule has 0 fully saturated rings. The lowest BCUT2D eigenvalue weighted by Crippen LogP contribution is -2.26. The maximum atomic E-state index is 12.3. The Morgan fingerprint density at radius 1 is 1.13 bits per heavy atom. The molecule has 0 aliphatic rings. The second-order valence-corrected chi connectivity index (χ2v) is 7.08. The fourth-order valence-electron chi connectivity index (χ4n) is 3.58. The molecule has 5 rings (SSSR count). The van der Waals surface area contributed by atoms with Gasteiger partial charge in [-0.25, -0.2) is 9.97 Å². The van der Waals surface area contributed by atoms with Crippen LogP contribution in [0.4, 0.5) is 11.5 Å². The number of rotatable bonds is 6. The molecular formula is C23H20N6O2. The Balaban J connectivity index is 1.49. The summed E-state index contributed by atoms with van der Waals surface area (Å²) in [6.45, 7) is 0.117. The Hall–Kier alpha value is -4.17. The van der Waals surface area contributed by atoms with Crippen LogP contribution in [0.15, 0.2) is 73.3 Å². The van der Waals surface area contributed by atoms with E-state index in [0.29, 0.717) is 17.0 Å². The molecule has 5 aromatic rings. The van der Waals surface area contributed by atoms with Gasteiger partial charge < -0.3 is 20.7 Å². The Morgan fingerprint density at radius 2 is 2.06 bits per heavy atom. The maximum absolute atomic E-state index is 12.3. The molecule has 8 nitrogen and oxygen atoms in total. The lowest BCUT2D eigenvalue weighted by molar-refractivity contribution is 0.0945. The van der Waals surface area contributed by atoms with Crippen molar-refractivity contribution in [2.24, 2.45) is 0 Å². The predicted molar refractivity (Wildman–Crippen MR) is 119 cm³/mol. The van der Waals surface area contributed by atoms with Gasteiger partial charge in [-0.05, 0) is 36.4 Å². The second-order valence-electron chi connectivity index (χ2n) is 7.08. The average Bonchev–Trinajstić information content (AvgIpc) is 3.45. The number of H-pyrrole nitrogens is 1. The van der Waals surface area contributed by atoms with Crippen LogP contribution in [-0.2, 0) is 0 Å². The van der Waals surface area contributed by atoms with Gasteiger partial charge in [0.15, 0.2) is 11.5 Å². The van der Waals surface area contributed by atoms with Gasteiger partial charge in [0.25, 0.3) is 5.91 Å². The third-order valence-corrected chi connectivity index (χ3v) is 5.06. The first-order valence-electron chi connectivity index (χ1n) is 9.89. The molecule has 8 heteroatoms. The number of fused-ring (bicyclic) bond motifs is 2. The van der Waals surface area contributed by atoms with Gasteiger partial charge >= 0.3 is 0 Å². The number of aromatic nitrogens is 4. The summed E-state index contributed by atoms with van der Waals surface area (Å²) in [5, 5.41) is 16.0. The number of nitrogens with zero attached hydrogens (tertiary/aromatic N) is 3. The van der Waals surface area contributed by atoms with E-state index in [-0.39, 0.29) is 19.1 Å². The number of nitrogens with one attached hydrogen (secondary N) is 3. The van der Waals surface area contributed by atoms with Crippen LogP contribution >= 0.6 is 0 Å². The van der Waals surface area contributed by atoms with Crippen LogP contribution in [0.1, 0.15) is 10.4 Å². The highest BCUT2D eigenvalue weighted by molar-refractivity contribution is 5.95. The maximum Gasteiger partial charge on any atom is 0.251 e. The van der Waals surface area contributed by atoms with E-state index in [2.05, 4.69) is 31.7 Å². The van der Waals surface area contributed by atoms with Gasteiger partial charge in [0.05, 0.1) is 18.5 Å². The minimum absolute atomic E-state index is 0.0987. The first-order chi connectivity index (χ1) is 15.2. The van der Waals surface area contributed by atoms with Crippen molar-refractivity contribution in [1.82, 2.24) is 24.7 Å². The molecule has 0 aliphatic heterocycles. The molecular weight excluding hydrogens is 392 g/mol. The lowest BCUT2D eigenvalue weighted by Gasteiger charge is -2.09. The van der Waals surface area contributed by atoms with Gasteiger partial charge in [0.2, 0.25) is 0 Å². The van der Waals surface area contributed by atoms with Crippen molar-refractivity contribution < 1.29 is 9.90 Å². The van der Waals surface area contributed by atoms with Crippen molar-refractivity contribution in [2.75, 3.05) is 18.5 Å². The van der Waals surface area contributed by atoms with Crippen LogP contribution in [0.25, 0.3) is 27.8 Å². The van der Waals surface area contributed by atoms with Crippen molar-refractivity contribution in [3.63, 3.8) is 0 Å². The van der Waals surface area contributed by atoms with Crippen LogP contribution < -0.4 is 10.6 Å². The second kappa shape index (κ2) is 7.92. The standard InChI is InChI=1S/C23H20N6O2/c30-11-9-26-23(31)17-3-1-2-16(12-17)20-14-27-22-21(25-8-10-29(20)22)28-18-4-5-19-15(13-18)6-7-24-19/h1-8,10,12-14,24,30H,9,11H2,(H,25,28)(H,26,31). The van der Waals surface area contributed by atoms with E-state index in [1.54, 1.807) is 18.5 Å².